The van der Waals surface area contributed by atoms with Crippen molar-refractivity contribution in [1.82, 2.24) is 5.16 Å². The highest BCUT2D eigenvalue weighted by molar-refractivity contribution is 5.76. The number of aromatic nitrogens is 1. The Labute approximate surface area is 87.7 Å². The van der Waals surface area contributed by atoms with Gasteiger partial charge in [0.2, 0.25) is 0 Å². The number of hydrogen-bond acceptors (Lipinski definition) is 3. The van der Waals surface area contributed by atoms with Gasteiger partial charge in [0.15, 0.2) is 0 Å². The fourth-order valence-electron chi connectivity index (χ4n) is 1.41. The Hall–Kier alpha value is -1.90. The van der Waals surface area contributed by atoms with Crippen LogP contribution in [0.3, 0.4) is 0 Å². The highest BCUT2D eigenvalue weighted by Gasteiger charge is 2.09. The van der Waals surface area contributed by atoms with E-state index in [0.717, 1.165) is 28.9 Å². The van der Waals surface area contributed by atoms with Crippen molar-refractivity contribution in [3.8, 4) is 11.3 Å². The zero-order valence-corrected chi connectivity index (χ0v) is 8.65. The second kappa shape index (κ2) is 3.69. The van der Waals surface area contributed by atoms with E-state index in [1.165, 1.54) is 0 Å². The van der Waals surface area contributed by atoms with Gasteiger partial charge in [0, 0.05) is 16.7 Å². The highest BCUT2D eigenvalue weighted by atomic mass is 16.5. The molecule has 0 N–H and O–H groups in total. The van der Waals surface area contributed by atoms with Gasteiger partial charge in [-0.2, -0.15) is 0 Å². The number of rotatable bonds is 2. The van der Waals surface area contributed by atoms with Crippen LogP contribution in [0.15, 0.2) is 28.8 Å². The number of aldehydes is 1. The smallest absolute Gasteiger partial charge is 0.150 e. The maximum absolute atomic E-state index is 10.5. The Bertz CT molecular complexity index is 483. The number of carbonyl (C=O) groups is 1. The fourth-order valence-corrected chi connectivity index (χ4v) is 1.41. The fraction of sp³-hybridized carbons (Fsp3) is 0.167. The van der Waals surface area contributed by atoms with Gasteiger partial charge in [0.25, 0.3) is 0 Å². The third-order valence-corrected chi connectivity index (χ3v) is 2.48. The van der Waals surface area contributed by atoms with E-state index in [9.17, 15) is 4.79 Å². The van der Waals surface area contributed by atoms with Gasteiger partial charge in [-0.25, -0.2) is 0 Å². The number of benzene rings is 1. The molecule has 0 aliphatic rings. The second-order valence-electron chi connectivity index (χ2n) is 3.45. The van der Waals surface area contributed by atoms with Crippen molar-refractivity contribution in [3.05, 3.63) is 41.2 Å². The first-order valence-electron chi connectivity index (χ1n) is 4.71. The standard InChI is InChI=1S/C12H11NO2/c1-8-9(2)15-13-12(8)11-5-3-10(7-14)4-6-11/h3-7H,1-2H3. The topological polar surface area (TPSA) is 43.1 Å². The van der Waals surface area contributed by atoms with Gasteiger partial charge < -0.3 is 4.52 Å². The molecule has 3 heteroatoms. The minimum Gasteiger partial charge on any atom is -0.361 e. The molecule has 0 spiro atoms. The molecule has 76 valence electrons. The van der Waals surface area contributed by atoms with Crippen LogP contribution < -0.4 is 0 Å². The first-order chi connectivity index (χ1) is 7.22. The molecule has 0 fully saturated rings. The summed E-state index contributed by atoms with van der Waals surface area (Å²) in [7, 11) is 0. The Kier molecular flexibility index (Phi) is 2.37. The van der Waals surface area contributed by atoms with E-state index in [0.29, 0.717) is 5.56 Å². The lowest BCUT2D eigenvalue weighted by Gasteiger charge is -1.97. The van der Waals surface area contributed by atoms with Crippen LogP contribution in [0.2, 0.25) is 0 Å². The van der Waals surface area contributed by atoms with Gasteiger partial charge in [-0.3, -0.25) is 4.79 Å². The van der Waals surface area contributed by atoms with Crippen molar-refractivity contribution in [2.45, 2.75) is 13.8 Å². The molecule has 0 aliphatic heterocycles. The molecule has 15 heavy (non-hydrogen) atoms. The molecule has 1 aromatic heterocycles. The van der Waals surface area contributed by atoms with Gasteiger partial charge in [0.1, 0.15) is 17.7 Å². The summed E-state index contributed by atoms with van der Waals surface area (Å²) in [6.07, 6.45) is 0.824. The quantitative estimate of drug-likeness (QED) is 0.701. The summed E-state index contributed by atoms with van der Waals surface area (Å²) < 4.78 is 5.09. The van der Waals surface area contributed by atoms with Crippen LogP contribution in [0.1, 0.15) is 21.7 Å². The maximum Gasteiger partial charge on any atom is 0.150 e. The number of aryl methyl sites for hydroxylation is 1. The van der Waals surface area contributed by atoms with Crippen LogP contribution in [-0.2, 0) is 0 Å². The molecular formula is C12H11NO2. The van der Waals surface area contributed by atoms with Gasteiger partial charge >= 0.3 is 0 Å². The van der Waals surface area contributed by atoms with Gasteiger partial charge in [-0.15, -0.1) is 0 Å². The molecule has 0 saturated heterocycles. The molecule has 2 rings (SSSR count). The average molecular weight is 201 g/mol. The molecule has 1 aromatic carbocycles. The average Bonchev–Trinajstić information content (AvgIpc) is 2.60. The van der Waals surface area contributed by atoms with E-state index in [1.54, 1.807) is 12.1 Å². The lowest BCUT2D eigenvalue weighted by molar-refractivity contribution is 0.112. The molecule has 0 bridgehead atoms. The van der Waals surface area contributed by atoms with Crippen LogP contribution in [0.25, 0.3) is 11.3 Å². The monoisotopic (exact) mass is 201 g/mol. The summed E-state index contributed by atoms with van der Waals surface area (Å²) in [5.41, 5.74) is 3.50. The summed E-state index contributed by atoms with van der Waals surface area (Å²) in [6, 6.07) is 7.28. The van der Waals surface area contributed by atoms with Crippen LogP contribution >= 0.6 is 0 Å². The summed E-state index contributed by atoms with van der Waals surface area (Å²) >= 11 is 0. The molecule has 3 nitrogen and oxygen atoms in total. The molecule has 0 radical (unpaired) electrons. The van der Waals surface area contributed by atoms with Crippen LogP contribution in [0, 0.1) is 13.8 Å². The van der Waals surface area contributed by atoms with Crippen LogP contribution in [0.4, 0.5) is 0 Å². The Balaban J connectivity index is 2.45. The van der Waals surface area contributed by atoms with E-state index in [2.05, 4.69) is 5.16 Å². The minimum atomic E-state index is 0.664. The van der Waals surface area contributed by atoms with Gasteiger partial charge in [0.05, 0.1) is 0 Å². The molecule has 0 amide bonds. The molecule has 0 unspecified atom stereocenters. The van der Waals surface area contributed by atoms with E-state index < -0.39 is 0 Å². The van der Waals surface area contributed by atoms with Crippen molar-refractivity contribution in [1.29, 1.82) is 0 Å². The Morgan fingerprint density at radius 1 is 1.20 bits per heavy atom. The molecule has 0 saturated carbocycles. The van der Waals surface area contributed by atoms with Crippen molar-refractivity contribution in [2.24, 2.45) is 0 Å². The minimum absolute atomic E-state index is 0.664. The normalized spacial score (nSPS) is 10.3. The first kappa shape index (κ1) is 9.65. The van der Waals surface area contributed by atoms with Crippen molar-refractivity contribution in [3.63, 3.8) is 0 Å². The lowest BCUT2D eigenvalue weighted by atomic mass is 10.1. The third kappa shape index (κ3) is 1.68. The van der Waals surface area contributed by atoms with Crippen LogP contribution in [0.5, 0.6) is 0 Å². The third-order valence-electron chi connectivity index (χ3n) is 2.48. The summed E-state index contributed by atoms with van der Waals surface area (Å²) in [6.45, 7) is 3.85. The van der Waals surface area contributed by atoms with Crippen molar-refractivity contribution >= 4 is 6.29 Å². The van der Waals surface area contributed by atoms with E-state index in [-0.39, 0.29) is 0 Å². The number of hydrogen-bond donors (Lipinski definition) is 0. The Morgan fingerprint density at radius 3 is 2.33 bits per heavy atom. The predicted molar refractivity (Wildman–Crippen MR) is 56.8 cm³/mol. The molecule has 0 atom stereocenters. The van der Waals surface area contributed by atoms with Gasteiger partial charge in [-0.05, 0) is 13.8 Å². The first-order valence-corrected chi connectivity index (χ1v) is 4.71. The molecule has 1 heterocycles. The highest BCUT2D eigenvalue weighted by Crippen LogP contribution is 2.24. The predicted octanol–water partition coefficient (Wildman–Crippen LogP) is 2.77. The number of carbonyl (C=O) groups excluding carboxylic acids is 1. The van der Waals surface area contributed by atoms with E-state index >= 15 is 0 Å². The van der Waals surface area contributed by atoms with Crippen LogP contribution in [-0.4, -0.2) is 11.4 Å². The maximum atomic E-state index is 10.5. The molecule has 2 aromatic rings. The summed E-state index contributed by atoms with van der Waals surface area (Å²) in [5.74, 6) is 0.824. The van der Waals surface area contributed by atoms with Crippen molar-refractivity contribution in [2.75, 3.05) is 0 Å². The lowest BCUT2D eigenvalue weighted by Crippen LogP contribution is -1.83. The largest absolute Gasteiger partial charge is 0.361 e. The summed E-state index contributed by atoms with van der Waals surface area (Å²) in [4.78, 5) is 10.5. The SMILES string of the molecule is Cc1onc(-c2ccc(C=O)cc2)c1C. The zero-order valence-electron chi connectivity index (χ0n) is 8.65. The second-order valence-corrected chi connectivity index (χ2v) is 3.45. The van der Waals surface area contributed by atoms with Crippen molar-refractivity contribution < 1.29 is 9.32 Å². The molecule has 0 aliphatic carbocycles. The van der Waals surface area contributed by atoms with Gasteiger partial charge in [-0.1, -0.05) is 29.4 Å². The van der Waals surface area contributed by atoms with E-state index in [1.807, 2.05) is 26.0 Å². The number of nitrogens with zero attached hydrogens (tertiary/aromatic N) is 1. The molecular weight excluding hydrogens is 190 g/mol. The van der Waals surface area contributed by atoms with E-state index in [4.69, 9.17) is 4.52 Å². The zero-order chi connectivity index (χ0) is 10.8. The Morgan fingerprint density at radius 2 is 1.87 bits per heavy atom. The summed E-state index contributed by atoms with van der Waals surface area (Å²) in [5, 5.41) is 3.98.